The first-order valence-electron chi connectivity index (χ1n) is 8.31. The quantitative estimate of drug-likeness (QED) is 0.599. The van der Waals surface area contributed by atoms with Gasteiger partial charge in [0, 0.05) is 11.5 Å². The number of allylic oxidation sites excluding steroid dienone is 2. The summed E-state index contributed by atoms with van der Waals surface area (Å²) in [5.74, 6) is 1.31. The highest BCUT2D eigenvalue weighted by Gasteiger charge is 2.52. The normalized spacial score (nSPS) is 35.9. The Kier molecular flexibility index (Phi) is 3.63. The summed E-state index contributed by atoms with van der Waals surface area (Å²) in [4.78, 5) is 0. The molecule has 0 bridgehead atoms. The maximum atomic E-state index is 5.17. The molecule has 1 heteroatoms. The monoisotopic (exact) mass is 284 g/mol. The Hall–Kier alpha value is -1.24. The predicted octanol–water partition coefficient (Wildman–Crippen LogP) is 6.09. The second-order valence-corrected chi connectivity index (χ2v) is 7.99. The lowest BCUT2D eigenvalue weighted by molar-refractivity contribution is -0.0389. The van der Waals surface area contributed by atoms with Gasteiger partial charge in [0.15, 0.2) is 0 Å². The minimum Gasteiger partial charge on any atom is -0.472 e. The maximum absolute atomic E-state index is 5.17. The van der Waals surface area contributed by atoms with E-state index >= 15 is 0 Å². The van der Waals surface area contributed by atoms with Crippen LogP contribution in [0.15, 0.2) is 41.2 Å². The lowest BCUT2D eigenvalue weighted by Gasteiger charge is -2.57. The van der Waals surface area contributed by atoms with Gasteiger partial charge in [-0.25, -0.2) is 0 Å². The molecule has 1 aromatic heterocycles. The minimum atomic E-state index is 0.372. The maximum Gasteiger partial charge on any atom is 0.0974 e. The van der Waals surface area contributed by atoms with Crippen LogP contribution in [0.2, 0.25) is 0 Å². The summed E-state index contributed by atoms with van der Waals surface area (Å²) >= 11 is 0. The van der Waals surface area contributed by atoms with Crippen LogP contribution in [0.3, 0.4) is 0 Å². The van der Waals surface area contributed by atoms with Gasteiger partial charge < -0.3 is 4.42 Å². The molecule has 3 atom stereocenters. The molecule has 0 amide bonds. The third kappa shape index (κ3) is 2.52. The van der Waals surface area contributed by atoms with E-state index < -0.39 is 0 Å². The van der Waals surface area contributed by atoms with Gasteiger partial charge in [0.25, 0.3) is 0 Å². The molecule has 0 spiro atoms. The Morgan fingerprint density at radius 3 is 2.81 bits per heavy atom. The fraction of sp³-hybridized carbons (Fsp3) is 0.600. The van der Waals surface area contributed by atoms with Gasteiger partial charge in [0.05, 0.1) is 12.5 Å². The van der Waals surface area contributed by atoms with Crippen molar-refractivity contribution >= 4 is 6.08 Å². The van der Waals surface area contributed by atoms with E-state index in [1.807, 2.05) is 12.3 Å². The Morgan fingerprint density at radius 2 is 2.10 bits per heavy atom. The van der Waals surface area contributed by atoms with Crippen LogP contribution >= 0.6 is 0 Å². The second kappa shape index (κ2) is 5.19. The van der Waals surface area contributed by atoms with Crippen LogP contribution in [0.4, 0.5) is 0 Å². The lowest BCUT2D eigenvalue weighted by atomic mass is 9.47. The molecule has 1 nitrogen and oxygen atoms in total. The smallest absolute Gasteiger partial charge is 0.0974 e. The molecule has 2 fully saturated rings. The fourth-order valence-electron chi connectivity index (χ4n) is 5.14. The molecule has 0 radical (unpaired) electrons. The van der Waals surface area contributed by atoms with Crippen molar-refractivity contribution in [1.29, 1.82) is 0 Å². The van der Waals surface area contributed by atoms with Gasteiger partial charge in [-0.15, -0.1) is 0 Å². The zero-order chi connectivity index (χ0) is 15.1. The van der Waals surface area contributed by atoms with Gasteiger partial charge in [-0.2, -0.15) is 0 Å². The van der Waals surface area contributed by atoms with Gasteiger partial charge in [-0.1, -0.05) is 51.5 Å². The van der Waals surface area contributed by atoms with Gasteiger partial charge in [0.2, 0.25) is 0 Å². The van der Waals surface area contributed by atoms with Crippen molar-refractivity contribution in [3.05, 3.63) is 42.4 Å². The summed E-state index contributed by atoms with van der Waals surface area (Å²) < 4.78 is 5.17. The number of hydrogen-bond acceptors (Lipinski definition) is 1. The molecule has 0 aliphatic heterocycles. The van der Waals surface area contributed by atoms with E-state index in [0.717, 1.165) is 11.5 Å². The predicted molar refractivity (Wildman–Crippen MR) is 88.8 cm³/mol. The number of furan rings is 1. The van der Waals surface area contributed by atoms with Crippen LogP contribution in [-0.2, 0) is 0 Å². The molecule has 114 valence electrons. The molecule has 2 aliphatic rings. The van der Waals surface area contributed by atoms with Crippen molar-refractivity contribution in [3.63, 3.8) is 0 Å². The average Bonchev–Trinajstić information content (AvgIpc) is 2.90. The van der Waals surface area contributed by atoms with E-state index in [0.29, 0.717) is 16.7 Å². The number of fused-ring (bicyclic) bond motifs is 1. The van der Waals surface area contributed by atoms with Crippen LogP contribution in [0.25, 0.3) is 6.08 Å². The van der Waals surface area contributed by atoms with Crippen molar-refractivity contribution in [3.8, 4) is 0 Å². The second-order valence-electron chi connectivity index (χ2n) is 7.99. The molecule has 3 rings (SSSR count). The van der Waals surface area contributed by atoms with Crippen molar-refractivity contribution in [2.24, 2.45) is 22.7 Å². The van der Waals surface area contributed by atoms with Crippen molar-refractivity contribution in [2.45, 2.75) is 52.9 Å². The van der Waals surface area contributed by atoms with Crippen LogP contribution in [0.1, 0.15) is 58.4 Å². The summed E-state index contributed by atoms with van der Waals surface area (Å²) in [7, 11) is 0. The van der Waals surface area contributed by atoms with Gasteiger partial charge >= 0.3 is 0 Å². The van der Waals surface area contributed by atoms with E-state index in [1.54, 1.807) is 6.26 Å². The first-order chi connectivity index (χ1) is 9.93. The fourth-order valence-corrected chi connectivity index (χ4v) is 5.14. The molecule has 21 heavy (non-hydrogen) atoms. The van der Waals surface area contributed by atoms with Crippen molar-refractivity contribution < 1.29 is 4.42 Å². The first-order valence-corrected chi connectivity index (χ1v) is 8.31. The Balaban J connectivity index is 1.91. The van der Waals surface area contributed by atoms with E-state index in [9.17, 15) is 0 Å². The summed E-state index contributed by atoms with van der Waals surface area (Å²) in [5, 5.41) is 0. The third-order valence-corrected chi connectivity index (χ3v) is 6.20. The molecule has 1 heterocycles. The molecular formula is C20H28O. The molecule has 1 aromatic rings. The van der Waals surface area contributed by atoms with Crippen molar-refractivity contribution in [1.82, 2.24) is 0 Å². The highest BCUT2D eigenvalue weighted by atomic mass is 16.3. The first kappa shape index (κ1) is 14.7. The van der Waals surface area contributed by atoms with Crippen LogP contribution < -0.4 is 0 Å². The van der Waals surface area contributed by atoms with Crippen molar-refractivity contribution in [2.75, 3.05) is 0 Å². The SMILES string of the molecule is C=C1CC[C@H]2C(C)(C)CCC[C@]2(C)[C@H]1/C=C\c1ccoc1. The van der Waals surface area contributed by atoms with Gasteiger partial charge in [-0.3, -0.25) is 0 Å². The van der Waals surface area contributed by atoms with Crippen LogP contribution in [-0.4, -0.2) is 0 Å². The molecule has 2 saturated carbocycles. The largest absolute Gasteiger partial charge is 0.472 e. The summed E-state index contributed by atoms with van der Waals surface area (Å²) in [5.41, 5.74) is 3.42. The van der Waals surface area contributed by atoms with Gasteiger partial charge in [0.1, 0.15) is 0 Å². The Labute approximate surface area is 129 Å². The molecule has 0 aromatic carbocycles. The third-order valence-electron chi connectivity index (χ3n) is 6.20. The highest BCUT2D eigenvalue weighted by molar-refractivity contribution is 5.48. The number of rotatable bonds is 2. The minimum absolute atomic E-state index is 0.372. The zero-order valence-electron chi connectivity index (χ0n) is 13.7. The zero-order valence-corrected chi connectivity index (χ0v) is 13.7. The highest BCUT2D eigenvalue weighted by Crippen LogP contribution is 2.61. The molecule has 0 saturated heterocycles. The molecule has 0 N–H and O–H groups in total. The molecule has 0 unspecified atom stereocenters. The van der Waals surface area contributed by atoms with E-state index in [2.05, 4.69) is 39.5 Å². The summed E-state index contributed by atoms with van der Waals surface area (Å²) in [6.07, 6.45) is 14.7. The van der Waals surface area contributed by atoms with E-state index in [1.165, 1.54) is 37.7 Å². The molecular weight excluding hydrogens is 256 g/mol. The lowest BCUT2D eigenvalue weighted by Crippen LogP contribution is -2.48. The standard InChI is InChI=1S/C20H28O/c1-15-6-9-18-19(2,3)11-5-12-20(18,4)17(15)8-7-16-10-13-21-14-16/h7-8,10,13-14,17-18H,1,5-6,9,11-12H2,2-4H3/b8-7-/t17-,18-,20+/m0/s1. The summed E-state index contributed by atoms with van der Waals surface area (Å²) in [6.45, 7) is 11.9. The van der Waals surface area contributed by atoms with Crippen LogP contribution in [0.5, 0.6) is 0 Å². The average molecular weight is 284 g/mol. The Morgan fingerprint density at radius 1 is 1.29 bits per heavy atom. The topological polar surface area (TPSA) is 13.1 Å². The Bertz CT molecular complexity index is 534. The molecule has 2 aliphatic carbocycles. The van der Waals surface area contributed by atoms with E-state index in [4.69, 9.17) is 4.42 Å². The van der Waals surface area contributed by atoms with Crippen LogP contribution in [0, 0.1) is 22.7 Å². The van der Waals surface area contributed by atoms with Gasteiger partial charge in [-0.05, 0) is 48.5 Å². The summed E-state index contributed by atoms with van der Waals surface area (Å²) in [6, 6.07) is 2.02. The van der Waals surface area contributed by atoms with E-state index in [-0.39, 0.29) is 0 Å². The number of hydrogen-bond donors (Lipinski definition) is 0.